The van der Waals surface area contributed by atoms with Gasteiger partial charge in [0.1, 0.15) is 5.75 Å². The number of carbonyl (C=O) groups is 1. The zero-order valence-corrected chi connectivity index (χ0v) is 22.3. The van der Waals surface area contributed by atoms with Crippen molar-refractivity contribution in [1.82, 2.24) is 20.0 Å². The highest BCUT2D eigenvalue weighted by molar-refractivity contribution is 14.0. The quantitative estimate of drug-likeness (QED) is 0.331. The monoisotopic (exact) mass is 557 g/mol. The van der Waals surface area contributed by atoms with E-state index in [2.05, 4.69) is 50.1 Å². The van der Waals surface area contributed by atoms with Gasteiger partial charge in [0.25, 0.3) is 0 Å². The van der Waals surface area contributed by atoms with Crippen LogP contribution in [0.3, 0.4) is 0 Å². The molecular weight excluding hydrogens is 517 g/mol. The van der Waals surface area contributed by atoms with Crippen molar-refractivity contribution < 1.29 is 9.53 Å². The molecule has 1 N–H and O–H groups in total. The summed E-state index contributed by atoms with van der Waals surface area (Å²) < 4.78 is 5.43. The number of ether oxygens (including phenoxy) is 1. The Morgan fingerprint density at radius 3 is 2.34 bits per heavy atom. The van der Waals surface area contributed by atoms with Crippen LogP contribution in [0.4, 0.5) is 0 Å². The highest BCUT2D eigenvalue weighted by Gasteiger charge is 2.23. The molecule has 0 spiro atoms. The first kappa shape index (κ1) is 26.7. The van der Waals surface area contributed by atoms with Gasteiger partial charge in [-0.1, -0.05) is 25.0 Å². The molecule has 8 heteroatoms. The molecule has 2 fully saturated rings. The summed E-state index contributed by atoms with van der Waals surface area (Å²) in [6.45, 7) is 8.89. The number of rotatable bonds is 6. The second kappa shape index (κ2) is 13.9. The summed E-state index contributed by atoms with van der Waals surface area (Å²) in [5.74, 6) is 2.18. The van der Waals surface area contributed by atoms with E-state index in [0.29, 0.717) is 12.5 Å². The van der Waals surface area contributed by atoms with Gasteiger partial charge in [-0.05, 0) is 43.4 Å². The lowest BCUT2D eigenvalue weighted by molar-refractivity contribution is -0.132. The summed E-state index contributed by atoms with van der Waals surface area (Å²) >= 11 is 0. The Bertz CT molecular complexity index is 742. The average Bonchev–Trinajstić information content (AvgIpc) is 3.08. The Morgan fingerprint density at radius 1 is 1.03 bits per heavy atom. The minimum atomic E-state index is 0. The number of likely N-dealkylation sites (tertiary alicyclic amines) is 1. The Kier molecular flexibility index (Phi) is 11.6. The highest BCUT2D eigenvalue weighted by Crippen LogP contribution is 2.19. The van der Waals surface area contributed by atoms with Crippen molar-refractivity contribution in [3.8, 4) is 5.75 Å². The normalized spacial score (nSPS) is 18.0. The van der Waals surface area contributed by atoms with Crippen molar-refractivity contribution in [3.63, 3.8) is 0 Å². The van der Waals surface area contributed by atoms with Crippen LogP contribution in [-0.2, 0) is 11.2 Å². The number of halogens is 1. The molecule has 0 unspecified atom stereocenters. The molecule has 0 radical (unpaired) electrons. The van der Waals surface area contributed by atoms with E-state index >= 15 is 0 Å². The summed E-state index contributed by atoms with van der Waals surface area (Å²) in [6.07, 6.45) is 5.73. The number of hydrogen-bond donors (Lipinski definition) is 1. The van der Waals surface area contributed by atoms with E-state index in [0.717, 1.165) is 82.3 Å². The molecule has 2 saturated heterocycles. The summed E-state index contributed by atoms with van der Waals surface area (Å²) in [6, 6.07) is 6.37. The minimum Gasteiger partial charge on any atom is -0.496 e. The van der Waals surface area contributed by atoms with Crippen LogP contribution in [0.1, 0.15) is 36.8 Å². The third-order valence-electron chi connectivity index (χ3n) is 6.37. The molecule has 32 heavy (non-hydrogen) atoms. The lowest BCUT2D eigenvalue weighted by Gasteiger charge is -2.37. The van der Waals surface area contributed by atoms with Gasteiger partial charge in [0.05, 0.1) is 13.7 Å². The fourth-order valence-electron chi connectivity index (χ4n) is 4.40. The second-order valence-electron chi connectivity index (χ2n) is 8.59. The highest BCUT2D eigenvalue weighted by atomic mass is 127. The third kappa shape index (κ3) is 7.79. The largest absolute Gasteiger partial charge is 0.496 e. The maximum atomic E-state index is 12.7. The van der Waals surface area contributed by atoms with Gasteiger partial charge in [-0.3, -0.25) is 14.7 Å². The number of carbonyl (C=O) groups excluding carboxylic acids is 1. The molecule has 0 aliphatic carbocycles. The molecule has 0 bridgehead atoms. The van der Waals surface area contributed by atoms with Gasteiger partial charge in [-0.2, -0.15) is 0 Å². The molecule has 0 aromatic heterocycles. The third-order valence-corrected chi connectivity index (χ3v) is 6.37. The molecule has 3 rings (SSSR count). The molecule has 1 aromatic carbocycles. The van der Waals surface area contributed by atoms with Gasteiger partial charge in [-0.25, -0.2) is 0 Å². The molecule has 2 heterocycles. The van der Waals surface area contributed by atoms with Crippen molar-refractivity contribution in [2.45, 2.75) is 39.0 Å². The van der Waals surface area contributed by atoms with Crippen molar-refractivity contribution in [3.05, 3.63) is 29.3 Å². The van der Waals surface area contributed by atoms with E-state index in [-0.39, 0.29) is 24.0 Å². The number of nitrogens with one attached hydrogen (secondary N) is 1. The topological polar surface area (TPSA) is 60.4 Å². The van der Waals surface area contributed by atoms with E-state index < -0.39 is 0 Å². The summed E-state index contributed by atoms with van der Waals surface area (Å²) in [7, 11) is 3.56. The van der Waals surface area contributed by atoms with Crippen molar-refractivity contribution >= 4 is 35.8 Å². The van der Waals surface area contributed by atoms with Gasteiger partial charge < -0.3 is 19.9 Å². The zero-order chi connectivity index (χ0) is 22.1. The van der Waals surface area contributed by atoms with Crippen LogP contribution >= 0.6 is 24.0 Å². The van der Waals surface area contributed by atoms with Crippen LogP contribution in [0, 0.1) is 6.92 Å². The number of piperazine rings is 1. The van der Waals surface area contributed by atoms with Crippen LogP contribution in [0.15, 0.2) is 23.2 Å². The fourth-order valence-corrected chi connectivity index (χ4v) is 4.40. The van der Waals surface area contributed by atoms with Gasteiger partial charge in [0.2, 0.25) is 5.91 Å². The Hall–Kier alpha value is -1.55. The second-order valence-corrected chi connectivity index (χ2v) is 8.59. The van der Waals surface area contributed by atoms with Crippen LogP contribution in [0.5, 0.6) is 5.75 Å². The van der Waals surface area contributed by atoms with Crippen molar-refractivity contribution in [2.24, 2.45) is 4.99 Å². The lowest BCUT2D eigenvalue weighted by Crippen LogP contribution is -2.54. The number of guanidine groups is 1. The van der Waals surface area contributed by atoms with E-state index in [9.17, 15) is 4.79 Å². The number of hydrogen-bond acceptors (Lipinski definition) is 4. The van der Waals surface area contributed by atoms with Crippen LogP contribution < -0.4 is 10.1 Å². The summed E-state index contributed by atoms with van der Waals surface area (Å²) in [5.41, 5.74) is 2.41. The molecule has 7 nitrogen and oxygen atoms in total. The zero-order valence-electron chi connectivity index (χ0n) is 19.9. The Labute approximate surface area is 210 Å². The molecular formula is C24H40IN5O2. The molecule has 2 aliphatic rings. The molecule has 1 aromatic rings. The number of nitrogens with zero attached hydrogens (tertiary/aromatic N) is 4. The van der Waals surface area contributed by atoms with Gasteiger partial charge in [0, 0.05) is 52.9 Å². The number of amides is 1. The molecule has 0 atom stereocenters. The maximum absolute atomic E-state index is 12.7. The lowest BCUT2D eigenvalue weighted by atomic mass is 10.1. The predicted molar refractivity (Wildman–Crippen MR) is 141 cm³/mol. The van der Waals surface area contributed by atoms with Gasteiger partial charge in [0.15, 0.2) is 5.96 Å². The molecule has 0 saturated carbocycles. The SMILES string of the molecule is CN=C(NCCc1ccc(C)c(OC)c1)N1CCN(CC(=O)N2CCCCCC2)CC1.I. The molecule has 1 amide bonds. The smallest absolute Gasteiger partial charge is 0.236 e. The minimum absolute atomic E-state index is 0. The average molecular weight is 558 g/mol. The number of methoxy groups -OCH3 is 1. The van der Waals surface area contributed by atoms with Crippen LogP contribution in [0.25, 0.3) is 0 Å². The van der Waals surface area contributed by atoms with E-state index in [1.165, 1.54) is 18.4 Å². The van der Waals surface area contributed by atoms with E-state index in [4.69, 9.17) is 4.74 Å². The van der Waals surface area contributed by atoms with Crippen LogP contribution in [0.2, 0.25) is 0 Å². The summed E-state index contributed by atoms with van der Waals surface area (Å²) in [4.78, 5) is 23.8. The van der Waals surface area contributed by atoms with Gasteiger partial charge in [-0.15, -0.1) is 24.0 Å². The maximum Gasteiger partial charge on any atom is 0.236 e. The number of aliphatic imine (C=N–C) groups is 1. The summed E-state index contributed by atoms with van der Waals surface area (Å²) in [5, 5.41) is 3.50. The Balaban J connectivity index is 0.00000363. The molecule has 2 aliphatic heterocycles. The number of benzene rings is 1. The fraction of sp³-hybridized carbons (Fsp3) is 0.667. The first-order chi connectivity index (χ1) is 15.1. The Morgan fingerprint density at radius 2 is 1.72 bits per heavy atom. The molecule has 180 valence electrons. The van der Waals surface area contributed by atoms with E-state index in [1.54, 1.807) is 7.11 Å². The number of aryl methyl sites for hydroxylation is 1. The van der Waals surface area contributed by atoms with Crippen LogP contribution in [-0.4, -0.2) is 93.1 Å². The van der Waals surface area contributed by atoms with Crippen molar-refractivity contribution in [1.29, 1.82) is 0 Å². The van der Waals surface area contributed by atoms with E-state index in [1.807, 2.05) is 7.05 Å². The predicted octanol–water partition coefficient (Wildman–Crippen LogP) is 2.76. The standard InChI is InChI=1S/C24H39N5O2.HI/c1-20-8-9-21(18-22(20)31-3)10-11-26-24(25-2)29-16-14-27(15-17-29)19-23(30)28-12-6-4-5-7-13-28;/h8-9,18H,4-7,10-17,19H2,1-3H3,(H,25,26);1H. The van der Waals surface area contributed by atoms with Gasteiger partial charge >= 0.3 is 0 Å². The first-order valence-corrected chi connectivity index (χ1v) is 11.7. The van der Waals surface area contributed by atoms with Crippen molar-refractivity contribution in [2.75, 3.05) is 66.5 Å². The first-order valence-electron chi connectivity index (χ1n) is 11.7.